The van der Waals surface area contributed by atoms with Gasteiger partial charge >= 0.3 is 5.97 Å². The van der Waals surface area contributed by atoms with Gasteiger partial charge in [0.2, 0.25) is 0 Å². The zero-order chi connectivity index (χ0) is 7.19. The van der Waals surface area contributed by atoms with Gasteiger partial charge in [-0.05, 0) is 12.8 Å². The lowest BCUT2D eigenvalue weighted by Gasteiger charge is -2.54. The predicted octanol–water partition coefficient (Wildman–Crippen LogP) is 0.635. The van der Waals surface area contributed by atoms with Crippen molar-refractivity contribution in [2.24, 2.45) is 5.41 Å². The molecule has 0 aromatic heterocycles. The first-order valence-corrected chi connectivity index (χ1v) is 3.71. The maximum atomic E-state index is 10.5. The summed E-state index contributed by atoms with van der Waals surface area (Å²) in [5, 5.41) is 11.6. The number of aliphatic carboxylic acids is 1. The van der Waals surface area contributed by atoms with E-state index in [1.165, 1.54) is 6.42 Å². The second kappa shape index (κ2) is 2.64. The number of carbonyl (C=O) groups is 1. The fourth-order valence-electron chi connectivity index (χ4n) is 1.94. The molecule has 3 nitrogen and oxygen atoms in total. The Kier molecular flexibility index (Phi) is 2.12. The van der Waals surface area contributed by atoms with E-state index >= 15 is 0 Å². The van der Waals surface area contributed by atoms with Crippen molar-refractivity contribution < 1.29 is 9.90 Å². The minimum atomic E-state index is -0.675. The molecule has 11 heavy (non-hydrogen) atoms. The highest BCUT2D eigenvalue weighted by atomic mass is 35.5. The highest BCUT2D eigenvalue weighted by Gasteiger charge is 2.54. The summed E-state index contributed by atoms with van der Waals surface area (Å²) in [7, 11) is 0. The van der Waals surface area contributed by atoms with E-state index in [1.807, 2.05) is 0 Å². The van der Waals surface area contributed by atoms with Gasteiger partial charge in [-0.15, -0.1) is 12.4 Å². The first-order valence-electron chi connectivity index (χ1n) is 3.71. The van der Waals surface area contributed by atoms with E-state index in [4.69, 9.17) is 5.11 Å². The van der Waals surface area contributed by atoms with Gasteiger partial charge in [-0.3, -0.25) is 4.79 Å². The van der Waals surface area contributed by atoms with Crippen LogP contribution < -0.4 is 5.32 Å². The number of rotatable bonds is 1. The van der Waals surface area contributed by atoms with E-state index in [0.29, 0.717) is 0 Å². The maximum Gasteiger partial charge on any atom is 0.321 e. The van der Waals surface area contributed by atoms with Crippen LogP contribution in [0.4, 0.5) is 0 Å². The molecule has 1 atom stereocenters. The Morgan fingerprint density at radius 1 is 1.55 bits per heavy atom. The lowest BCUT2D eigenvalue weighted by Crippen LogP contribution is -2.68. The number of nitrogens with one attached hydrogen (secondary N) is 1. The van der Waals surface area contributed by atoms with Gasteiger partial charge in [0.05, 0.1) is 0 Å². The molecule has 1 aliphatic heterocycles. The van der Waals surface area contributed by atoms with Crippen molar-refractivity contribution in [1.29, 1.82) is 0 Å². The molecule has 1 saturated heterocycles. The van der Waals surface area contributed by atoms with Gasteiger partial charge in [0.15, 0.2) is 0 Å². The molecule has 0 aromatic carbocycles. The van der Waals surface area contributed by atoms with Crippen LogP contribution in [0.2, 0.25) is 0 Å². The molecule has 0 radical (unpaired) electrons. The van der Waals surface area contributed by atoms with Crippen LogP contribution >= 0.6 is 12.4 Å². The van der Waals surface area contributed by atoms with Gasteiger partial charge in [0, 0.05) is 12.0 Å². The third kappa shape index (κ3) is 1.03. The molecular weight excluding hydrogens is 166 g/mol. The third-order valence-electron chi connectivity index (χ3n) is 2.87. The molecule has 4 heteroatoms. The van der Waals surface area contributed by atoms with Crippen LogP contribution in [0.5, 0.6) is 0 Å². The van der Waals surface area contributed by atoms with Gasteiger partial charge in [0.25, 0.3) is 0 Å². The molecule has 2 N–H and O–H groups in total. The van der Waals surface area contributed by atoms with E-state index in [2.05, 4.69) is 5.32 Å². The van der Waals surface area contributed by atoms with E-state index in [0.717, 1.165) is 19.4 Å². The molecule has 2 rings (SSSR count). The number of hydrogen-bond donors (Lipinski definition) is 2. The Hall–Kier alpha value is -0.280. The van der Waals surface area contributed by atoms with Crippen molar-refractivity contribution in [2.45, 2.75) is 25.3 Å². The molecule has 1 saturated carbocycles. The van der Waals surface area contributed by atoms with Crippen LogP contribution in [0.15, 0.2) is 0 Å². The summed E-state index contributed by atoms with van der Waals surface area (Å²) in [6.45, 7) is 0.921. The van der Waals surface area contributed by atoms with Gasteiger partial charge in [-0.1, -0.05) is 6.42 Å². The summed E-state index contributed by atoms with van der Waals surface area (Å²) in [5.74, 6) is -0.675. The Balaban J connectivity index is 0.000000605. The normalized spacial score (nSPS) is 31.5. The van der Waals surface area contributed by atoms with E-state index in [1.54, 1.807) is 0 Å². The van der Waals surface area contributed by atoms with Crippen molar-refractivity contribution in [1.82, 2.24) is 5.32 Å². The standard InChI is InChI=1S/C7H11NO2.ClH/c9-6(10)5-7(4-8-5)2-1-3-7;/h5,8H,1-4H2,(H,9,10);1H. The predicted molar refractivity (Wildman–Crippen MR) is 43.0 cm³/mol. The largest absolute Gasteiger partial charge is 0.480 e. The van der Waals surface area contributed by atoms with Crippen molar-refractivity contribution in [3.05, 3.63) is 0 Å². The van der Waals surface area contributed by atoms with E-state index < -0.39 is 5.97 Å². The summed E-state index contributed by atoms with van der Waals surface area (Å²) in [4.78, 5) is 10.5. The minimum absolute atomic E-state index is 0. The number of hydrogen-bond acceptors (Lipinski definition) is 2. The molecular formula is C7H12ClNO2. The van der Waals surface area contributed by atoms with Gasteiger partial charge in [-0.2, -0.15) is 0 Å². The van der Waals surface area contributed by atoms with Gasteiger partial charge in [0.1, 0.15) is 6.04 Å². The lowest BCUT2D eigenvalue weighted by atomic mass is 9.59. The Morgan fingerprint density at radius 2 is 2.18 bits per heavy atom. The zero-order valence-corrected chi connectivity index (χ0v) is 6.99. The molecule has 2 fully saturated rings. The molecule has 0 aromatic rings. The van der Waals surface area contributed by atoms with Crippen molar-refractivity contribution >= 4 is 18.4 Å². The van der Waals surface area contributed by atoms with E-state index in [-0.39, 0.29) is 23.9 Å². The highest BCUT2D eigenvalue weighted by molar-refractivity contribution is 5.85. The quantitative estimate of drug-likeness (QED) is 0.618. The summed E-state index contributed by atoms with van der Waals surface area (Å²) in [6.07, 6.45) is 3.43. The number of carboxylic acid groups (broad SMARTS) is 1. The lowest BCUT2D eigenvalue weighted by molar-refractivity contribution is -0.152. The summed E-state index contributed by atoms with van der Waals surface area (Å²) < 4.78 is 0. The van der Waals surface area contributed by atoms with Gasteiger partial charge in [-0.25, -0.2) is 0 Å². The van der Waals surface area contributed by atoms with Crippen LogP contribution in [0.25, 0.3) is 0 Å². The fourth-order valence-corrected chi connectivity index (χ4v) is 1.94. The maximum absolute atomic E-state index is 10.5. The molecule has 0 bridgehead atoms. The molecule has 0 amide bonds. The Bertz CT molecular complexity index is 174. The van der Waals surface area contributed by atoms with Crippen molar-refractivity contribution in [3.63, 3.8) is 0 Å². The first kappa shape index (κ1) is 8.81. The van der Waals surface area contributed by atoms with Crippen LogP contribution in [0.3, 0.4) is 0 Å². The van der Waals surface area contributed by atoms with Crippen LogP contribution in [-0.4, -0.2) is 23.7 Å². The molecule has 1 aliphatic carbocycles. The molecule has 1 heterocycles. The summed E-state index contributed by atoms with van der Waals surface area (Å²) in [5.41, 5.74) is 0.172. The van der Waals surface area contributed by atoms with Gasteiger partial charge < -0.3 is 10.4 Å². The summed E-state index contributed by atoms with van der Waals surface area (Å²) >= 11 is 0. The fraction of sp³-hybridized carbons (Fsp3) is 0.857. The van der Waals surface area contributed by atoms with Crippen LogP contribution in [0, 0.1) is 5.41 Å². The smallest absolute Gasteiger partial charge is 0.321 e. The molecule has 64 valence electrons. The minimum Gasteiger partial charge on any atom is -0.480 e. The third-order valence-corrected chi connectivity index (χ3v) is 2.87. The van der Waals surface area contributed by atoms with Crippen LogP contribution in [-0.2, 0) is 4.79 Å². The molecule has 1 spiro atoms. The average molecular weight is 178 g/mol. The average Bonchev–Trinajstić information content (AvgIpc) is 1.53. The second-order valence-corrected chi connectivity index (χ2v) is 3.37. The zero-order valence-electron chi connectivity index (χ0n) is 6.17. The van der Waals surface area contributed by atoms with Crippen LogP contribution in [0.1, 0.15) is 19.3 Å². The molecule has 1 unspecified atom stereocenters. The second-order valence-electron chi connectivity index (χ2n) is 3.37. The molecule has 2 aliphatic rings. The Labute approximate surface area is 71.6 Å². The number of carboxylic acids is 1. The van der Waals surface area contributed by atoms with Crippen molar-refractivity contribution in [3.8, 4) is 0 Å². The number of halogens is 1. The van der Waals surface area contributed by atoms with Crippen molar-refractivity contribution in [2.75, 3.05) is 6.54 Å². The Morgan fingerprint density at radius 3 is 2.27 bits per heavy atom. The summed E-state index contributed by atoms with van der Waals surface area (Å²) in [6, 6.07) is -0.235. The highest BCUT2D eigenvalue weighted by Crippen LogP contribution is 2.48. The SMILES string of the molecule is Cl.O=C(O)C1NCC12CCC2. The monoisotopic (exact) mass is 177 g/mol. The topological polar surface area (TPSA) is 49.3 Å². The van der Waals surface area contributed by atoms with E-state index in [9.17, 15) is 4.79 Å². The first-order chi connectivity index (χ1) is 4.75.